The third kappa shape index (κ3) is 3.72. The SMILES string of the molecule is Cc1cc(NC(=O)Nc2cccc(Cl)c2)n(-c2cccc(F)c2)n1. The van der Waals surface area contributed by atoms with Crippen molar-refractivity contribution < 1.29 is 9.18 Å². The molecule has 0 unspecified atom stereocenters. The van der Waals surface area contributed by atoms with Crippen molar-refractivity contribution in [2.24, 2.45) is 0 Å². The fourth-order valence-electron chi connectivity index (χ4n) is 2.24. The van der Waals surface area contributed by atoms with Gasteiger partial charge < -0.3 is 5.32 Å². The molecule has 5 nitrogen and oxygen atoms in total. The van der Waals surface area contributed by atoms with Crippen LogP contribution in [0, 0.1) is 12.7 Å². The molecule has 3 rings (SSSR count). The third-order valence-corrected chi connectivity index (χ3v) is 3.44. The molecule has 0 fully saturated rings. The summed E-state index contributed by atoms with van der Waals surface area (Å²) in [5, 5.41) is 10.2. The minimum absolute atomic E-state index is 0.380. The van der Waals surface area contributed by atoms with Gasteiger partial charge in [0.2, 0.25) is 0 Å². The Morgan fingerprint density at radius 2 is 1.92 bits per heavy atom. The van der Waals surface area contributed by atoms with Gasteiger partial charge in [-0.25, -0.2) is 13.9 Å². The van der Waals surface area contributed by atoms with Crippen LogP contribution in [0.5, 0.6) is 0 Å². The molecule has 3 aromatic rings. The molecular formula is C17H14ClFN4O. The number of anilines is 2. The number of hydrogen-bond donors (Lipinski definition) is 2. The van der Waals surface area contributed by atoms with Crippen molar-refractivity contribution >= 4 is 29.1 Å². The van der Waals surface area contributed by atoms with Gasteiger partial charge in [-0.1, -0.05) is 23.7 Å². The monoisotopic (exact) mass is 344 g/mol. The summed E-state index contributed by atoms with van der Waals surface area (Å²) in [4.78, 5) is 12.2. The molecule has 0 aliphatic rings. The number of aromatic nitrogens is 2. The standard InChI is InChI=1S/C17H14ClFN4O/c1-11-8-16(23(22-11)15-7-3-5-13(19)10-15)21-17(24)20-14-6-2-4-12(18)9-14/h2-10H,1H3,(H2,20,21,24). The number of hydrogen-bond acceptors (Lipinski definition) is 2. The molecule has 7 heteroatoms. The summed E-state index contributed by atoms with van der Waals surface area (Å²) in [6.07, 6.45) is 0. The fourth-order valence-corrected chi connectivity index (χ4v) is 2.43. The normalized spacial score (nSPS) is 10.5. The lowest BCUT2D eigenvalue weighted by atomic mass is 10.3. The minimum atomic E-state index is -0.449. The third-order valence-electron chi connectivity index (χ3n) is 3.21. The quantitative estimate of drug-likeness (QED) is 0.728. The van der Waals surface area contributed by atoms with Gasteiger partial charge in [0.1, 0.15) is 11.6 Å². The molecule has 122 valence electrons. The fraction of sp³-hybridized carbons (Fsp3) is 0.0588. The highest BCUT2D eigenvalue weighted by Crippen LogP contribution is 2.19. The molecule has 0 bridgehead atoms. The average molecular weight is 345 g/mol. The number of carbonyl (C=O) groups is 1. The van der Waals surface area contributed by atoms with E-state index in [9.17, 15) is 9.18 Å². The van der Waals surface area contributed by atoms with E-state index >= 15 is 0 Å². The van der Waals surface area contributed by atoms with E-state index in [0.717, 1.165) is 0 Å². The zero-order valence-corrected chi connectivity index (χ0v) is 13.5. The van der Waals surface area contributed by atoms with Crippen LogP contribution >= 0.6 is 11.6 Å². The number of amides is 2. The Balaban J connectivity index is 1.81. The maximum absolute atomic E-state index is 13.4. The zero-order chi connectivity index (χ0) is 17.1. The Morgan fingerprint density at radius 3 is 2.67 bits per heavy atom. The number of halogens is 2. The maximum Gasteiger partial charge on any atom is 0.324 e. The van der Waals surface area contributed by atoms with Crippen LogP contribution in [0.2, 0.25) is 5.02 Å². The van der Waals surface area contributed by atoms with Crippen molar-refractivity contribution in [3.63, 3.8) is 0 Å². The van der Waals surface area contributed by atoms with Crippen molar-refractivity contribution in [2.75, 3.05) is 10.6 Å². The molecule has 24 heavy (non-hydrogen) atoms. The van der Waals surface area contributed by atoms with Crippen LogP contribution in [-0.4, -0.2) is 15.8 Å². The van der Waals surface area contributed by atoms with Gasteiger partial charge in [0.15, 0.2) is 0 Å². The van der Waals surface area contributed by atoms with Gasteiger partial charge >= 0.3 is 6.03 Å². The number of benzene rings is 2. The topological polar surface area (TPSA) is 59.0 Å². The Bertz CT molecular complexity index is 894. The van der Waals surface area contributed by atoms with Crippen molar-refractivity contribution in [3.05, 3.63) is 71.1 Å². The van der Waals surface area contributed by atoms with Gasteiger partial charge in [0, 0.05) is 16.8 Å². The number of carbonyl (C=O) groups excluding carboxylic acids is 1. The van der Waals surface area contributed by atoms with Crippen molar-refractivity contribution in [1.82, 2.24) is 9.78 Å². The number of urea groups is 1. The molecule has 0 atom stereocenters. The first-order valence-corrected chi connectivity index (χ1v) is 7.55. The molecule has 0 saturated carbocycles. The number of aryl methyl sites for hydroxylation is 1. The Hall–Kier alpha value is -2.86. The lowest BCUT2D eigenvalue weighted by Crippen LogP contribution is -2.21. The first kappa shape index (κ1) is 16.0. The van der Waals surface area contributed by atoms with Crippen molar-refractivity contribution in [3.8, 4) is 5.69 Å². The van der Waals surface area contributed by atoms with E-state index in [2.05, 4.69) is 15.7 Å². The number of rotatable bonds is 3. The number of nitrogens with zero attached hydrogens (tertiary/aromatic N) is 2. The van der Waals surface area contributed by atoms with Crippen LogP contribution in [0.25, 0.3) is 5.69 Å². The largest absolute Gasteiger partial charge is 0.324 e. The molecule has 1 aromatic heterocycles. The van der Waals surface area contributed by atoms with Gasteiger partial charge in [0.25, 0.3) is 0 Å². The Morgan fingerprint density at radius 1 is 1.12 bits per heavy atom. The zero-order valence-electron chi connectivity index (χ0n) is 12.8. The van der Waals surface area contributed by atoms with E-state index in [0.29, 0.717) is 27.9 Å². The summed E-state index contributed by atoms with van der Waals surface area (Å²) in [5.74, 6) is 0.0487. The van der Waals surface area contributed by atoms with Crippen LogP contribution in [0.1, 0.15) is 5.69 Å². The van der Waals surface area contributed by atoms with Crippen LogP contribution in [0.4, 0.5) is 20.7 Å². The lowest BCUT2D eigenvalue weighted by molar-refractivity contribution is 0.262. The Labute approximate surface area is 143 Å². The second-order valence-corrected chi connectivity index (χ2v) is 5.59. The van der Waals surface area contributed by atoms with Crippen LogP contribution in [0.3, 0.4) is 0 Å². The first-order valence-electron chi connectivity index (χ1n) is 7.17. The smallest absolute Gasteiger partial charge is 0.308 e. The van der Waals surface area contributed by atoms with Gasteiger partial charge in [-0.15, -0.1) is 0 Å². The summed E-state index contributed by atoms with van der Waals surface area (Å²) in [6.45, 7) is 1.79. The van der Waals surface area contributed by atoms with E-state index in [1.54, 1.807) is 49.4 Å². The van der Waals surface area contributed by atoms with E-state index in [-0.39, 0.29) is 5.82 Å². The van der Waals surface area contributed by atoms with Crippen LogP contribution < -0.4 is 10.6 Å². The molecule has 0 aliphatic heterocycles. The number of nitrogens with one attached hydrogen (secondary N) is 2. The summed E-state index contributed by atoms with van der Waals surface area (Å²) >= 11 is 5.89. The van der Waals surface area contributed by atoms with Crippen molar-refractivity contribution in [1.29, 1.82) is 0 Å². The van der Waals surface area contributed by atoms with Gasteiger partial charge in [0.05, 0.1) is 11.4 Å². The molecule has 2 N–H and O–H groups in total. The van der Waals surface area contributed by atoms with Crippen molar-refractivity contribution in [2.45, 2.75) is 6.92 Å². The van der Waals surface area contributed by atoms with E-state index < -0.39 is 6.03 Å². The predicted octanol–water partition coefficient (Wildman–Crippen LogP) is 4.62. The highest BCUT2D eigenvalue weighted by Gasteiger charge is 2.11. The molecule has 2 aromatic carbocycles. The van der Waals surface area contributed by atoms with Gasteiger partial charge in [-0.3, -0.25) is 5.32 Å². The van der Waals surface area contributed by atoms with Gasteiger partial charge in [-0.05, 0) is 43.3 Å². The van der Waals surface area contributed by atoms with E-state index in [1.807, 2.05) is 0 Å². The highest BCUT2D eigenvalue weighted by atomic mass is 35.5. The molecule has 0 radical (unpaired) electrons. The van der Waals surface area contributed by atoms with E-state index in [1.165, 1.54) is 16.8 Å². The molecule has 0 spiro atoms. The molecule has 2 amide bonds. The first-order chi connectivity index (χ1) is 11.5. The lowest BCUT2D eigenvalue weighted by Gasteiger charge is -2.10. The second kappa shape index (κ2) is 6.72. The molecule has 0 saturated heterocycles. The molecular weight excluding hydrogens is 331 g/mol. The maximum atomic E-state index is 13.4. The van der Waals surface area contributed by atoms with Crippen LogP contribution in [0.15, 0.2) is 54.6 Å². The minimum Gasteiger partial charge on any atom is -0.308 e. The summed E-state index contributed by atoms with van der Waals surface area (Å²) < 4.78 is 14.9. The summed E-state index contributed by atoms with van der Waals surface area (Å²) in [7, 11) is 0. The average Bonchev–Trinajstić information content (AvgIpc) is 2.87. The second-order valence-electron chi connectivity index (χ2n) is 5.15. The summed E-state index contributed by atoms with van der Waals surface area (Å²) in [5.41, 5.74) is 1.77. The predicted molar refractivity (Wildman–Crippen MR) is 92.4 cm³/mol. The van der Waals surface area contributed by atoms with Gasteiger partial charge in [-0.2, -0.15) is 5.10 Å². The molecule has 0 aliphatic carbocycles. The molecule has 1 heterocycles. The van der Waals surface area contributed by atoms with E-state index in [4.69, 9.17) is 11.6 Å². The summed E-state index contributed by atoms with van der Waals surface area (Å²) in [6, 6.07) is 14.0. The Kier molecular flexibility index (Phi) is 4.48. The highest BCUT2D eigenvalue weighted by molar-refractivity contribution is 6.30. The van der Waals surface area contributed by atoms with Crippen LogP contribution in [-0.2, 0) is 0 Å².